The fourth-order valence-electron chi connectivity index (χ4n) is 1.45. The number of rotatable bonds is 5. The summed E-state index contributed by atoms with van der Waals surface area (Å²) in [7, 11) is 1.58. The number of aromatic hydroxyl groups is 1. The summed E-state index contributed by atoms with van der Waals surface area (Å²) in [4.78, 5) is 24.5. The van der Waals surface area contributed by atoms with E-state index < -0.39 is 0 Å². The maximum absolute atomic E-state index is 11.9. The van der Waals surface area contributed by atoms with E-state index in [4.69, 9.17) is 4.74 Å². The molecular formula is C13H17NO4. The van der Waals surface area contributed by atoms with Gasteiger partial charge in [-0.15, -0.1) is 0 Å². The summed E-state index contributed by atoms with van der Waals surface area (Å²) in [5.41, 5.74) is 0.226. The molecule has 0 bridgehead atoms. The molecular weight excluding hydrogens is 234 g/mol. The molecule has 98 valence electrons. The van der Waals surface area contributed by atoms with Gasteiger partial charge in [-0.3, -0.25) is 9.59 Å². The van der Waals surface area contributed by atoms with Crippen molar-refractivity contribution < 1.29 is 19.4 Å². The molecule has 1 N–H and O–H groups in total. The largest absolute Gasteiger partial charge is 0.507 e. The summed E-state index contributed by atoms with van der Waals surface area (Å²) in [6, 6.07) is 6.31. The minimum Gasteiger partial charge on any atom is -0.507 e. The van der Waals surface area contributed by atoms with Gasteiger partial charge in [-0.1, -0.05) is 12.1 Å². The predicted molar refractivity (Wildman–Crippen MR) is 66.3 cm³/mol. The van der Waals surface area contributed by atoms with Gasteiger partial charge in [-0.2, -0.15) is 0 Å². The van der Waals surface area contributed by atoms with Gasteiger partial charge in [0, 0.05) is 13.6 Å². The van der Waals surface area contributed by atoms with Crippen molar-refractivity contribution in [2.75, 3.05) is 20.2 Å². The first-order valence-corrected chi connectivity index (χ1v) is 5.75. The van der Waals surface area contributed by atoms with Crippen molar-refractivity contribution in [2.45, 2.75) is 13.3 Å². The Hall–Kier alpha value is -2.04. The summed E-state index contributed by atoms with van der Waals surface area (Å²) in [6.45, 7) is 2.32. The Morgan fingerprint density at radius 2 is 2.00 bits per heavy atom. The van der Waals surface area contributed by atoms with Gasteiger partial charge in [0.1, 0.15) is 5.75 Å². The molecule has 18 heavy (non-hydrogen) atoms. The number of phenolic OH excluding ortho intramolecular Hbond substituents is 1. The second-order valence-corrected chi connectivity index (χ2v) is 3.80. The highest BCUT2D eigenvalue weighted by molar-refractivity contribution is 5.96. The van der Waals surface area contributed by atoms with Crippen LogP contribution in [-0.2, 0) is 9.53 Å². The predicted octanol–water partition coefficient (Wildman–Crippen LogP) is 1.42. The van der Waals surface area contributed by atoms with E-state index in [-0.39, 0.29) is 36.2 Å². The lowest BCUT2D eigenvalue weighted by atomic mass is 10.2. The fourth-order valence-corrected chi connectivity index (χ4v) is 1.45. The Bertz CT molecular complexity index is 431. The summed E-state index contributed by atoms with van der Waals surface area (Å²) >= 11 is 0. The summed E-state index contributed by atoms with van der Waals surface area (Å²) in [6.07, 6.45) is 0.143. The van der Waals surface area contributed by atoms with Crippen LogP contribution in [0.25, 0.3) is 0 Å². The molecule has 0 saturated heterocycles. The van der Waals surface area contributed by atoms with Crippen LogP contribution in [0.1, 0.15) is 23.7 Å². The molecule has 5 nitrogen and oxygen atoms in total. The van der Waals surface area contributed by atoms with Gasteiger partial charge in [0.15, 0.2) is 0 Å². The zero-order valence-electron chi connectivity index (χ0n) is 10.5. The number of benzene rings is 1. The first-order valence-electron chi connectivity index (χ1n) is 5.75. The van der Waals surface area contributed by atoms with E-state index in [0.717, 1.165) is 0 Å². The van der Waals surface area contributed by atoms with Crippen LogP contribution in [0.2, 0.25) is 0 Å². The highest BCUT2D eigenvalue weighted by Gasteiger charge is 2.16. The smallest absolute Gasteiger partial charge is 0.307 e. The lowest BCUT2D eigenvalue weighted by Crippen LogP contribution is -2.29. The minimum atomic E-state index is -0.338. The van der Waals surface area contributed by atoms with Crippen LogP contribution >= 0.6 is 0 Å². The van der Waals surface area contributed by atoms with Gasteiger partial charge in [0.25, 0.3) is 5.91 Å². The second-order valence-electron chi connectivity index (χ2n) is 3.80. The molecule has 0 atom stereocenters. The molecule has 1 rings (SSSR count). The van der Waals surface area contributed by atoms with E-state index in [0.29, 0.717) is 6.61 Å². The molecule has 1 amide bonds. The van der Waals surface area contributed by atoms with Crippen LogP contribution in [0.15, 0.2) is 24.3 Å². The lowest BCUT2D eigenvalue weighted by Gasteiger charge is -2.17. The molecule has 0 radical (unpaired) electrons. The highest BCUT2D eigenvalue weighted by atomic mass is 16.5. The molecule has 0 heterocycles. The first kappa shape index (κ1) is 14.0. The molecule has 0 aliphatic heterocycles. The number of hydrogen-bond acceptors (Lipinski definition) is 4. The van der Waals surface area contributed by atoms with E-state index in [1.54, 1.807) is 32.2 Å². The van der Waals surface area contributed by atoms with E-state index in [9.17, 15) is 14.7 Å². The minimum absolute atomic E-state index is 0.0644. The van der Waals surface area contributed by atoms with Crippen LogP contribution < -0.4 is 0 Å². The number of esters is 1. The number of carbonyl (C=O) groups excluding carboxylic acids is 2. The molecule has 0 aliphatic carbocycles. The third kappa shape index (κ3) is 3.76. The Balaban J connectivity index is 2.57. The number of hydrogen-bond donors (Lipinski definition) is 1. The SMILES string of the molecule is CCOC(=O)CCN(C)C(=O)c1ccccc1O. The zero-order chi connectivity index (χ0) is 13.5. The molecule has 0 unspecified atom stereocenters. The van der Waals surface area contributed by atoms with Crippen LogP contribution in [0.4, 0.5) is 0 Å². The van der Waals surface area contributed by atoms with Gasteiger partial charge in [-0.05, 0) is 19.1 Å². The Labute approximate surface area is 106 Å². The summed E-state index contributed by atoms with van der Waals surface area (Å²) in [5.74, 6) is -0.725. The number of amides is 1. The van der Waals surface area contributed by atoms with Crippen molar-refractivity contribution >= 4 is 11.9 Å². The number of carbonyl (C=O) groups is 2. The summed E-state index contributed by atoms with van der Waals surface area (Å²) in [5, 5.41) is 9.55. The van der Waals surface area contributed by atoms with Crippen molar-refractivity contribution in [3.05, 3.63) is 29.8 Å². The number of para-hydroxylation sites is 1. The van der Waals surface area contributed by atoms with E-state index >= 15 is 0 Å². The quantitative estimate of drug-likeness (QED) is 0.804. The average molecular weight is 251 g/mol. The van der Waals surface area contributed by atoms with Crippen LogP contribution in [0.5, 0.6) is 5.75 Å². The van der Waals surface area contributed by atoms with Crippen molar-refractivity contribution in [1.82, 2.24) is 4.90 Å². The molecule has 1 aromatic carbocycles. The average Bonchev–Trinajstić information content (AvgIpc) is 2.36. The topological polar surface area (TPSA) is 66.8 Å². The van der Waals surface area contributed by atoms with Gasteiger partial charge < -0.3 is 14.7 Å². The molecule has 0 aliphatic rings. The molecule has 0 saturated carbocycles. The number of phenols is 1. The van der Waals surface area contributed by atoms with E-state index in [1.807, 2.05) is 0 Å². The maximum Gasteiger partial charge on any atom is 0.307 e. The standard InChI is InChI=1S/C13H17NO4/c1-3-18-12(16)8-9-14(2)13(17)10-6-4-5-7-11(10)15/h4-7,15H,3,8-9H2,1-2H3. The number of ether oxygens (including phenoxy) is 1. The fraction of sp³-hybridized carbons (Fsp3) is 0.385. The Kier molecular flexibility index (Phi) is 5.17. The summed E-state index contributed by atoms with van der Waals surface area (Å²) < 4.78 is 4.78. The van der Waals surface area contributed by atoms with Crippen LogP contribution in [0.3, 0.4) is 0 Å². The van der Waals surface area contributed by atoms with Crippen LogP contribution in [-0.4, -0.2) is 42.1 Å². The van der Waals surface area contributed by atoms with Gasteiger partial charge in [0.2, 0.25) is 0 Å². The van der Waals surface area contributed by atoms with Gasteiger partial charge in [0.05, 0.1) is 18.6 Å². The zero-order valence-corrected chi connectivity index (χ0v) is 10.5. The molecule has 0 aromatic heterocycles. The van der Waals surface area contributed by atoms with Crippen LogP contribution in [0, 0.1) is 0 Å². The van der Waals surface area contributed by atoms with Crippen molar-refractivity contribution in [3.63, 3.8) is 0 Å². The molecule has 0 fully saturated rings. The van der Waals surface area contributed by atoms with E-state index in [1.165, 1.54) is 11.0 Å². The van der Waals surface area contributed by atoms with Gasteiger partial charge >= 0.3 is 5.97 Å². The van der Waals surface area contributed by atoms with E-state index in [2.05, 4.69) is 0 Å². The Morgan fingerprint density at radius 3 is 2.61 bits per heavy atom. The monoisotopic (exact) mass is 251 g/mol. The number of nitrogens with zero attached hydrogens (tertiary/aromatic N) is 1. The maximum atomic E-state index is 11.9. The second kappa shape index (κ2) is 6.64. The van der Waals surface area contributed by atoms with Crippen molar-refractivity contribution in [2.24, 2.45) is 0 Å². The Morgan fingerprint density at radius 1 is 1.33 bits per heavy atom. The molecule has 1 aromatic rings. The third-order valence-electron chi connectivity index (χ3n) is 2.44. The lowest BCUT2D eigenvalue weighted by molar-refractivity contribution is -0.143. The van der Waals surface area contributed by atoms with Gasteiger partial charge in [-0.25, -0.2) is 0 Å². The third-order valence-corrected chi connectivity index (χ3v) is 2.44. The molecule has 5 heteroatoms. The molecule has 0 spiro atoms. The highest BCUT2D eigenvalue weighted by Crippen LogP contribution is 2.17. The van der Waals surface area contributed by atoms with Crippen molar-refractivity contribution in [3.8, 4) is 5.75 Å². The first-order chi connectivity index (χ1) is 8.56. The normalized spacial score (nSPS) is 9.89. The van der Waals surface area contributed by atoms with Crippen molar-refractivity contribution in [1.29, 1.82) is 0 Å².